The molecule has 2 N–H and O–H groups in total. The average molecular weight is 423 g/mol. The summed E-state index contributed by atoms with van der Waals surface area (Å²) in [4.78, 5) is 19.4. The van der Waals surface area contributed by atoms with Crippen LogP contribution in [0.2, 0.25) is 0 Å². The molecule has 3 rings (SSSR count). The van der Waals surface area contributed by atoms with Gasteiger partial charge in [-0.25, -0.2) is 4.98 Å². The van der Waals surface area contributed by atoms with Gasteiger partial charge in [-0.1, -0.05) is 13.8 Å². The SMILES string of the molecule is CC(C)c1nc(CN2CCCC(CNC(=O)C3CCCN3)C2)cs1.Cl.Cl. The van der Waals surface area contributed by atoms with E-state index in [0.29, 0.717) is 11.8 Å². The Balaban J connectivity index is 0.00000169. The average Bonchev–Trinajstić information content (AvgIpc) is 3.24. The summed E-state index contributed by atoms with van der Waals surface area (Å²) in [5.74, 6) is 1.26. The highest BCUT2D eigenvalue weighted by atomic mass is 35.5. The molecule has 3 heterocycles. The van der Waals surface area contributed by atoms with Crippen LogP contribution in [0.4, 0.5) is 0 Å². The number of thiazole rings is 1. The van der Waals surface area contributed by atoms with Crippen LogP contribution in [0.15, 0.2) is 5.38 Å². The highest BCUT2D eigenvalue weighted by molar-refractivity contribution is 7.09. The summed E-state index contributed by atoms with van der Waals surface area (Å²) in [6.07, 6.45) is 4.51. The molecule has 0 bridgehead atoms. The number of aromatic nitrogens is 1. The number of carbonyl (C=O) groups is 1. The number of piperidine rings is 1. The van der Waals surface area contributed by atoms with Crippen LogP contribution in [0.5, 0.6) is 0 Å². The van der Waals surface area contributed by atoms with Gasteiger partial charge in [-0.3, -0.25) is 9.69 Å². The van der Waals surface area contributed by atoms with E-state index >= 15 is 0 Å². The number of amides is 1. The van der Waals surface area contributed by atoms with Gasteiger partial charge in [-0.05, 0) is 44.7 Å². The highest BCUT2D eigenvalue weighted by Gasteiger charge is 2.25. The third-order valence-corrected chi connectivity index (χ3v) is 6.19. The molecule has 2 unspecified atom stereocenters. The molecule has 0 saturated carbocycles. The number of rotatable bonds is 6. The summed E-state index contributed by atoms with van der Waals surface area (Å²) in [5, 5.41) is 9.86. The van der Waals surface area contributed by atoms with Crippen LogP contribution in [-0.2, 0) is 11.3 Å². The van der Waals surface area contributed by atoms with Gasteiger partial charge in [-0.15, -0.1) is 36.2 Å². The number of nitrogens with one attached hydrogen (secondary N) is 2. The van der Waals surface area contributed by atoms with Crippen molar-refractivity contribution in [1.82, 2.24) is 20.5 Å². The van der Waals surface area contributed by atoms with Gasteiger partial charge in [0.15, 0.2) is 0 Å². The first-order chi connectivity index (χ1) is 11.6. The molecule has 2 aliphatic rings. The van der Waals surface area contributed by atoms with E-state index in [4.69, 9.17) is 4.98 Å². The minimum absolute atomic E-state index is 0. The smallest absolute Gasteiger partial charge is 0.237 e. The number of halogens is 2. The van der Waals surface area contributed by atoms with E-state index in [1.165, 1.54) is 23.5 Å². The maximum Gasteiger partial charge on any atom is 0.237 e. The van der Waals surface area contributed by atoms with Crippen molar-refractivity contribution in [2.75, 3.05) is 26.2 Å². The first-order valence-electron chi connectivity index (χ1n) is 9.29. The van der Waals surface area contributed by atoms with Gasteiger partial charge in [0.25, 0.3) is 0 Å². The van der Waals surface area contributed by atoms with E-state index in [0.717, 1.165) is 45.6 Å². The largest absolute Gasteiger partial charge is 0.354 e. The van der Waals surface area contributed by atoms with Crippen molar-refractivity contribution in [1.29, 1.82) is 0 Å². The lowest BCUT2D eigenvalue weighted by Crippen LogP contribution is -2.45. The second-order valence-electron chi connectivity index (χ2n) is 7.47. The Morgan fingerprint density at radius 3 is 2.85 bits per heavy atom. The lowest BCUT2D eigenvalue weighted by atomic mass is 9.97. The monoisotopic (exact) mass is 422 g/mol. The molecule has 1 aromatic heterocycles. The molecule has 2 atom stereocenters. The number of likely N-dealkylation sites (tertiary alicyclic amines) is 1. The Morgan fingerprint density at radius 1 is 1.38 bits per heavy atom. The first-order valence-corrected chi connectivity index (χ1v) is 10.2. The summed E-state index contributed by atoms with van der Waals surface area (Å²) in [5.41, 5.74) is 1.20. The van der Waals surface area contributed by atoms with Gasteiger partial charge in [-0.2, -0.15) is 0 Å². The number of nitrogens with zero attached hydrogens (tertiary/aromatic N) is 2. The Kier molecular flexibility index (Phi) is 10.4. The van der Waals surface area contributed by atoms with Gasteiger partial charge >= 0.3 is 0 Å². The quantitative estimate of drug-likeness (QED) is 0.738. The van der Waals surface area contributed by atoms with E-state index < -0.39 is 0 Å². The first kappa shape index (κ1) is 23.6. The predicted octanol–water partition coefficient (Wildman–Crippen LogP) is 3.19. The molecule has 0 radical (unpaired) electrons. The molecule has 0 spiro atoms. The Morgan fingerprint density at radius 2 is 2.19 bits per heavy atom. The van der Waals surface area contributed by atoms with Crippen LogP contribution in [0.3, 0.4) is 0 Å². The Bertz CT molecular complexity index is 549. The van der Waals surface area contributed by atoms with Crippen LogP contribution >= 0.6 is 36.2 Å². The molecule has 2 fully saturated rings. The van der Waals surface area contributed by atoms with Crippen molar-refractivity contribution in [2.45, 2.75) is 58.0 Å². The summed E-state index contributed by atoms with van der Waals surface area (Å²) in [7, 11) is 0. The Labute approximate surface area is 173 Å². The van der Waals surface area contributed by atoms with Crippen molar-refractivity contribution in [3.05, 3.63) is 16.1 Å². The van der Waals surface area contributed by atoms with Gasteiger partial charge < -0.3 is 10.6 Å². The van der Waals surface area contributed by atoms with E-state index in [1.807, 2.05) is 0 Å². The number of hydrogen-bond donors (Lipinski definition) is 2. The molecular weight excluding hydrogens is 391 g/mol. The maximum atomic E-state index is 12.1. The summed E-state index contributed by atoms with van der Waals surface area (Å²) in [6.45, 7) is 9.32. The minimum atomic E-state index is 0. The predicted molar refractivity (Wildman–Crippen MR) is 113 cm³/mol. The van der Waals surface area contributed by atoms with Crippen LogP contribution < -0.4 is 10.6 Å². The van der Waals surface area contributed by atoms with Gasteiger partial charge in [0.1, 0.15) is 0 Å². The molecule has 2 saturated heterocycles. The lowest BCUT2D eigenvalue weighted by Gasteiger charge is -2.32. The second-order valence-corrected chi connectivity index (χ2v) is 8.36. The van der Waals surface area contributed by atoms with E-state index in [2.05, 4.69) is 34.8 Å². The van der Waals surface area contributed by atoms with E-state index in [-0.39, 0.29) is 36.8 Å². The van der Waals surface area contributed by atoms with E-state index in [9.17, 15) is 4.79 Å². The van der Waals surface area contributed by atoms with E-state index in [1.54, 1.807) is 11.3 Å². The van der Waals surface area contributed by atoms with Crippen LogP contribution in [0.1, 0.15) is 56.2 Å². The molecule has 26 heavy (non-hydrogen) atoms. The summed E-state index contributed by atoms with van der Waals surface area (Å²) >= 11 is 1.77. The van der Waals surface area contributed by atoms with Crippen LogP contribution in [0.25, 0.3) is 0 Å². The third kappa shape index (κ3) is 6.64. The third-order valence-electron chi connectivity index (χ3n) is 4.99. The fraction of sp³-hybridized carbons (Fsp3) is 0.778. The zero-order valence-corrected chi connectivity index (χ0v) is 18.2. The molecule has 1 amide bonds. The van der Waals surface area contributed by atoms with Gasteiger partial charge in [0.2, 0.25) is 5.91 Å². The number of carbonyl (C=O) groups excluding carboxylic acids is 1. The molecule has 0 aromatic carbocycles. The minimum Gasteiger partial charge on any atom is -0.354 e. The summed E-state index contributed by atoms with van der Waals surface area (Å²) in [6, 6.07) is 0.0363. The normalized spacial score (nSPS) is 23.3. The standard InChI is InChI=1S/C18H30N4OS.2ClH/c1-13(2)18-21-15(12-24-18)11-22-8-4-5-14(10-22)9-20-17(23)16-6-3-7-19-16;;/h12-14,16,19H,3-11H2,1-2H3,(H,20,23);2*1H. The van der Waals surface area contributed by atoms with Gasteiger partial charge in [0.05, 0.1) is 16.7 Å². The zero-order chi connectivity index (χ0) is 16.9. The second kappa shape index (κ2) is 11.4. The topological polar surface area (TPSA) is 57.3 Å². The molecule has 1 aromatic rings. The van der Waals surface area contributed by atoms with Crippen LogP contribution in [-0.4, -0.2) is 48.0 Å². The number of hydrogen-bond acceptors (Lipinski definition) is 5. The van der Waals surface area contributed by atoms with Crippen molar-refractivity contribution < 1.29 is 4.79 Å². The Hall–Kier alpha value is -0.400. The van der Waals surface area contributed by atoms with Crippen molar-refractivity contribution >= 4 is 42.1 Å². The molecule has 150 valence electrons. The molecule has 5 nitrogen and oxygen atoms in total. The molecule has 2 aliphatic heterocycles. The van der Waals surface area contributed by atoms with Gasteiger partial charge in [0, 0.05) is 30.9 Å². The lowest BCUT2D eigenvalue weighted by molar-refractivity contribution is -0.123. The fourth-order valence-corrected chi connectivity index (χ4v) is 4.45. The maximum absolute atomic E-state index is 12.1. The van der Waals surface area contributed by atoms with Crippen molar-refractivity contribution in [3.63, 3.8) is 0 Å². The molecule has 0 aliphatic carbocycles. The summed E-state index contributed by atoms with van der Waals surface area (Å²) < 4.78 is 0. The van der Waals surface area contributed by atoms with Crippen molar-refractivity contribution in [3.8, 4) is 0 Å². The molecular formula is C18H32Cl2N4OS. The highest BCUT2D eigenvalue weighted by Crippen LogP contribution is 2.22. The zero-order valence-electron chi connectivity index (χ0n) is 15.7. The van der Waals surface area contributed by atoms with Crippen LogP contribution in [0, 0.1) is 5.92 Å². The molecule has 8 heteroatoms. The fourth-order valence-electron chi connectivity index (χ4n) is 3.63. The van der Waals surface area contributed by atoms with Crippen molar-refractivity contribution in [2.24, 2.45) is 5.92 Å².